The minimum Gasteiger partial charge on any atom is -0.423 e. The molecule has 0 saturated heterocycles. The second-order valence-electron chi connectivity index (χ2n) is 4.73. The number of thioether (sulfide) groups is 1. The fourth-order valence-corrected chi connectivity index (χ4v) is 3.29. The van der Waals surface area contributed by atoms with Crippen molar-refractivity contribution in [3.8, 4) is 0 Å². The molecule has 1 aliphatic carbocycles. The molecule has 0 spiro atoms. The summed E-state index contributed by atoms with van der Waals surface area (Å²) in [6.45, 7) is 0. The van der Waals surface area contributed by atoms with Crippen LogP contribution in [0.3, 0.4) is 0 Å². The molecule has 18 heavy (non-hydrogen) atoms. The molecule has 0 aliphatic heterocycles. The summed E-state index contributed by atoms with van der Waals surface area (Å²) in [4.78, 5) is 4.42. The highest BCUT2D eigenvalue weighted by Gasteiger charge is 2.25. The Balaban J connectivity index is 1.77. The number of nitrogens with one attached hydrogen (secondary N) is 1. The summed E-state index contributed by atoms with van der Waals surface area (Å²) < 4.78 is 5.67. The first kappa shape index (κ1) is 11.7. The number of para-hydroxylation sites is 1. The highest BCUT2D eigenvalue weighted by molar-refractivity contribution is 7.99. The topological polar surface area (TPSA) is 64.1 Å². The smallest absolute Gasteiger partial charge is 0.295 e. The molecule has 1 fully saturated rings. The average Bonchev–Trinajstić information content (AvgIpc) is 2.96. The zero-order chi connectivity index (χ0) is 12.5. The Bertz CT molecular complexity index is 554. The van der Waals surface area contributed by atoms with E-state index in [-0.39, 0.29) is 0 Å². The van der Waals surface area contributed by atoms with Gasteiger partial charge in [-0.3, -0.25) is 0 Å². The van der Waals surface area contributed by atoms with E-state index in [2.05, 4.69) is 16.6 Å². The number of rotatable bonds is 3. The Morgan fingerprint density at radius 3 is 3.06 bits per heavy atom. The van der Waals surface area contributed by atoms with Crippen LogP contribution >= 0.6 is 11.8 Å². The van der Waals surface area contributed by atoms with Gasteiger partial charge < -0.3 is 15.5 Å². The number of anilines is 2. The number of fused-ring (bicyclic) bond motifs is 1. The first-order valence-electron chi connectivity index (χ1n) is 6.20. The van der Waals surface area contributed by atoms with Crippen molar-refractivity contribution in [3.63, 3.8) is 0 Å². The molecule has 3 rings (SSSR count). The van der Waals surface area contributed by atoms with E-state index in [0.29, 0.717) is 17.7 Å². The van der Waals surface area contributed by atoms with Crippen LogP contribution in [0, 0.1) is 0 Å². The second kappa shape index (κ2) is 4.72. The molecule has 3 N–H and O–H groups in total. The SMILES string of the molecule is CSC1CCC(Nc2nc3c(N)cccc3o2)C1. The van der Waals surface area contributed by atoms with Crippen LogP contribution in [0.5, 0.6) is 0 Å². The van der Waals surface area contributed by atoms with Gasteiger partial charge in [0.25, 0.3) is 6.01 Å². The number of nitrogen functional groups attached to an aromatic ring is 1. The summed E-state index contributed by atoms with van der Waals surface area (Å²) in [5, 5.41) is 4.14. The summed E-state index contributed by atoms with van der Waals surface area (Å²) in [5.74, 6) is 0. The zero-order valence-electron chi connectivity index (χ0n) is 10.3. The van der Waals surface area contributed by atoms with Crippen molar-refractivity contribution in [2.45, 2.75) is 30.6 Å². The van der Waals surface area contributed by atoms with Crippen LogP contribution in [0.25, 0.3) is 11.1 Å². The minimum atomic E-state index is 0.469. The van der Waals surface area contributed by atoms with Gasteiger partial charge in [-0.05, 0) is 37.7 Å². The maximum atomic E-state index is 5.87. The van der Waals surface area contributed by atoms with Crippen molar-refractivity contribution >= 4 is 34.6 Å². The van der Waals surface area contributed by atoms with E-state index < -0.39 is 0 Å². The van der Waals surface area contributed by atoms with Gasteiger partial charge in [-0.2, -0.15) is 16.7 Å². The fourth-order valence-electron chi connectivity index (χ4n) is 2.49. The van der Waals surface area contributed by atoms with Gasteiger partial charge in [0.2, 0.25) is 0 Å². The average molecular weight is 263 g/mol. The monoisotopic (exact) mass is 263 g/mol. The van der Waals surface area contributed by atoms with Crippen molar-refractivity contribution < 1.29 is 4.42 Å². The standard InChI is InChI=1S/C13H17N3OS/c1-18-9-6-5-8(7-9)15-13-16-12-10(14)3-2-4-11(12)17-13/h2-4,8-9H,5-7,14H2,1H3,(H,15,16). The largest absolute Gasteiger partial charge is 0.423 e. The molecule has 1 aromatic carbocycles. The maximum absolute atomic E-state index is 5.87. The van der Waals surface area contributed by atoms with E-state index in [1.54, 1.807) is 0 Å². The number of hydrogen-bond acceptors (Lipinski definition) is 5. The van der Waals surface area contributed by atoms with Crippen LogP contribution < -0.4 is 11.1 Å². The molecule has 96 valence electrons. The molecule has 0 bridgehead atoms. The van der Waals surface area contributed by atoms with Crippen LogP contribution in [0.1, 0.15) is 19.3 Å². The molecule has 1 saturated carbocycles. The van der Waals surface area contributed by atoms with Crippen molar-refractivity contribution in [1.82, 2.24) is 4.98 Å². The number of nitrogens with two attached hydrogens (primary N) is 1. The summed E-state index contributed by atoms with van der Waals surface area (Å²) in [7, 11) is 0. The molecule has 2 aromatic rings. The molecule has 0 radical (unpaired) electrons. The van der Waals surface area contributed by atoms with Crippen LogP contribution in [0.2, 0.25) is 0 Å². The van der Waals surface area contributed by atoms with Crippen LogP contribution in [0.4, 0.5) is 11.7 Å². The summed E-state index contributed by atoms with van der Waals surface area (Å²) in [6.07, 6.45) is 5.80. The Kier molecular flexibility index (Phi) is 3.07. The minimum absolute atomic E-state index is 0.469. The summed E-state index contributed by atoms with van der Waals surface area (Å²) >= 11 is 1.94. The van der Waals surface area contributed by atoms with Gasteiger partial charge in [-0.15, -0.1) is 0 Å². The molecule has 1 aromatic heterocycles. The number of oxazole rings is 1. The van der Waals surface area contributed by atoms with Gasteiger partial charge in [0.05, 0.1) is 5.69 Å². The lowest BCUT2D eigenvalue weighted by atomic mass is 10.3. The number of nitrogens with zero attached hydrogens (tertiary/aromatic N) is 1. The van der Waals surface area contributed by atoms with Crippen LogP contribution in [-0.4, -0.2) is 22.5 Å². The Hall–Kier alpha value is -1.36. The summed E-state index contributed by atoms with van der Waals surface area (Å²) in [6, 6.07) is 6.68. The van der Waals surface area contributed by atoms with Gasteiger partial charge >= 0.3 is 0 Å². The zero-order valence-corrected chi connectivity index (χ0v) is 11.2. The van der Waals surface area contributed by atoms with Crippen LogP contribution in [0.15, 0.2) is 22.6 Å². The number of benzene rings is 1. The third-order valence-electron chi connectivity index (χ3n) is 3.50. The first-order chi connectivity index (χ1) is 8.76. The number of hydrogen-bond donors (Lipinski definition) is 2. The predicted octanol–water partition coefficient (Wildman–Crippen LogP) is 3.11. The van der Waals surface area contributed by atoms with Gasteiger partial charge in [-0.1, -0.05) is 6.07 Å². The first-order valence-corrected chi connectivity index (χ1v) is 7.49. The third kappa shape index (κ3) is 2.14. The lowest BCUT2D eigenvalue weighted by Gasteiger charge is -2.09. The Morgan fingerprint density at radius 2 is 2.33 bits per heavy atom. The lowest BCUT2D eigenvalue weighted by Crippen LogP contribution is -2.16. The molecular formula is C13H17N3OS. The van der Waals surface area contributed by atoms with Gasteiger partial charge in [0.15, 0.2) is 5.58 Å². The molecule has 2 unspecified atom stereocenters. The highest BCUT2D eigenvalue weighted by atomic mass is 32.2. The van der Waals surface area contributed by atoms with E-state index in [9.17, 15) is 0 Å². The molecule has 2 atom stereocenters. The molecule has 5 heteroatoms. The lowest BCUT2D eigenvalue weighted by molar-refractivity contribution is 0.594. The maximum Gasteiger partial charge on any atom is 0.295 e. The van der Waals surface area contributed by atoms with E-state index in [1.807, 2.05) is 30.0 Å². The Labute approximate surface area is 110 Å². The number of aromatic nitrogens is 1. The van der Waals surface area contributed by atoms with E-state index in [0.717, 1.165) is 16.3 Å². The molecule has 0 amide bonds. The van der Waals surface area contributed by atoms with Crippen molar-refractivity contribution in [2.24, 2.45) is 0 Å². The molecule has 4 nitrogen and oxygen atoms in total. The van der Waals surface area contributed by atoms with Crippen molar-refractivity contribution in [2.75, 3.05) is 17.3 Å². The fraction of sp³-hybridized carbons (Fsp3) is 0.462. The van der Waals surface area contributed by atoms with E-state index in [4.69, 9.17) is 10.2 Å². The Morgan fingerprint density at radius 1 is 1.44 bits per heavy atom. The second-order valence-corrected chi connectivity index (χ2v) is 5.86. The molecular weight excluding hydrogens is 246 g/mol. The molecule has 1 aliphatic rings. The molecule has 1 heterocycles. The summed E-state index contributed by atoms with van der Waals surface area (Å²) in [5.41, 5.74) is 8.03. The van der Waals surface area contributed by atoms with Gasteiger partial charge in [-0.25, -0.2) is 0 Å². The van der Waals surface area contributed by atoms with E-state index >= 15 is 0 Å². The van der Waals surface area contributed by atoms with Crippen LogP contribution in [-0.2, 0) is 0 Å². The predicted molar refractivity (Wildman–Crippen MR) is 77.0 cm³/mol. The van der Waals surface area contributed by atoms with Gasteiger partial charge in [0, 0.05) is 11.3 Å². The quantitative estimate of drug-likeness (QED) is 0.833. The van der Waals surface area contributed by atoms with Crippen molar-refractivity contribution in [1.29, 1.82) is 0 Å². The van der Waals surface area contributed by atoms with Gasteiger partial charge in [0.1, 0.15) is 5.52 Å². The highest BCUT2D eigenvalue weighted by Crippen LogP contribution is 2.31. The van der Waals surface area contributed by atoms with Crippen molar-refractivity contribution in [3.05, 3.63) is 18.2 Å². The van der Waals surface area contributed by atoms with E-state index in [1.165, 1.54) is 19.3 Å². The normalized spacial score (nSPS) is 23.6. The third-order valence-corrected chi connectivity index (χ3v) is 4.59.